The standard InChI is InChI=1S/C7H10ClF.C2H4/c1-4-6(9)7(8)5(2)3;1-2/h2,4H2,1,3H3;1-2H2/b7-6-;. The summed E-state index contributed by atoms with van der Waals surface area (Å²) in [6.45, 7) is 12.9. The Balaban J connectivity index is 0. The van der Waals surface area contributed by atoms with E-state index in [-0.39, 0.29) is 10.9 Å². The zero-order valence-corrected chi connectivity index (χ0v) is 7.84. The Bertz CT molecular complexity index is 159. The van der Waals surface area contributed by atoms with Crippen LogP contribution in [0.3, 0.4) is 0 Å². The first-order valence-corrected chi connectivity index (χ1v) is 3.67. The molecule has 0 amide bonds. The molecule has 0 aliphatic rings. The molecule has 0 aromatic rings. The third-order valence-corrected chi connectivity index (χ3v) is 1.45. The van der Waals surface area contributed by atoms with Gasteiger partial charge in [0.05, 0.1) is 5.03 Å². The maximum Gasteiger partial charge on any atom is 0.118 e. The molecule has 11 heavy (non-hydrogen) atoms. The molecule has 0 aliphatic carbocycles. The minimum atomic E-state index is -0.288. The Kier molecular flexibility index (Phi) is 8.96. The summed E-state index contributed by atoms with van der Waals surface area (Å²) in [7, 11) is 0. The van der Waals surface area contributed by atoms with Crippen molar-refractivity contribution in [1.29, 1.82) is 0 Å². The molecule has 0 spiro atoms. The van der Waals surface area contributed by atoms with Gasteiger partial charge in [0.2, 0.25) is 0 Å². The Morgan fingerprint density at radius 3 is 1.91 bits per heavy atom. The highest BCUT2D eigenvalue weighted by atomic mass is 35.5. The molecule has 0 fully saturated rings. The van der Waals surface area contributed by atoms with Gasteiger partial charge in [0.15, 0.2) is 0 Å². The molecule has 0 N–H and O–H groups in total. The van der Waals surface area contributed by atoms with Crippen LogP contribution in [-0.4, -0.2) is 0 Å². The van der Waals surface area contributed by atoms with E-state index in [2.05, 4.69) is 19.7 Å². The van der Waals surface area contributed by atoms with E-state index < -0.39 is 0 Å². The van der Waals surface area contributed by atoms with Gasteiger partial charge in [-0.15, -0.1) is 13.2 Å². The number of halogens is 2. The minimum absolute atomic E-state index is 0.164. The van der Waals surface area contributed by atoms with E-state index in [1.54, 1.807) is 13.8 Å². The quantitative estimate of drug-likeness (QED) is 0.437. The highest BCUT2D eigenvalue weighted by Gasteiger charge is 2.00. The second-order valence-corrected chi connectivity index (χ2v) is 2.23. The lowest BCUT2D eigenvalue weighted by Gasteiger charge is -1.96. The van der Waals surface area contributed by atoms with E-state index in [0.29, 0.717) is 12.0 Å². The average Bonchev–Trinajstić information content (AvgIpc) is 2.05. The number of hydrogen-bond donors (Lipinski definition) is 0. The van der Waals surface area contributed by atoms with Gasteiger partial charge in [0.25, 0.3) is 0 Å². The van der Waals surface area contributed by atoms with E-state index >= 15 is 0 Å². The lowest BCUT2D eigenvalue weighted by atomic mass is 10.3. The van der Waals surface area contributed by atoms with Crippen molar-refractivity contribution in [1.82, 2.24) is 0 Å². The summed E-state index contributed by atoms with van der Waals surface area (Å²) < 4.78 is 12.5. The van der Waals surface area contributed by atoms with Crippen LogP contribution in [0.1, 0.15) is 20.3 Å². The van der Waals surface area contributed by atoms with Crippen LogP contribution in [0.5, 0.6) is 0 Å². The first kappa shape index (κ1) is 13.1. The van der Waals surface area contributed by atoms with Crippen molar-refractivity contribution < 1.29 is 4.39 Å². The molecule has 0 saturated carbocycles. The van der Waals surface area contributed by atoms with Crippen LogP contribution in [-0.2, 0) is 0 Å². The van der Waals surface area contributed by atoms with Crippen molar-refractivity contribution in [3.8, 4) is 0 Å². The highest BCUT2D eigenvalue weighted by Crippen LogP contribution is 2.20. The van der Waals surface area contributed by atoms with Crippen LogP contribution >= 0.6 is 11.6 Å². The van der Waals surface area contributed by atoms with Gasteiger partial charge < -0.3 is 0 Å². The average molecular weight is 177 g/mol. The van der Waals surface area contributed by atoms with Gasteiger partial charge in [-0.25, -0.2) is 4.39 Å². The van der Waals surface area contributed by atoms with E-state index in [1.165, 1.54) is 0 Å². The molecule has 0 aromatic carbocycles. The van der Waals surface area contributed by atoms with Crippen molar-refractivity contribution >= 4 is 11.6 Å². The monoisotopic (exact) mass is 176 g/mol. The van der Waals surface area contributed by atoms with E-state index in [9.17, 15) is 4.39 Å². The van der Waals surface area contributed by atoms with Crippen LogP contribution in [0, 0.1) is 0 Å². The second-order valence-electron chi connectivity index (χ2n) is 1.85. The molecular formula is C9H14ClF. The summed E-state index contributed by atoms with van der Waals surface area (Å²) >= 11 is 5.47. The normalized spacial score (nSPS) is 10.9. The molecule has 0 radical (unpaired) electrons. The third-order valence-electron chi connectivity index (χ3n) is 0.923. The van der Waals surface area contributed by atoms with Gasteiger partial charge in [0.1, 0.15) is 5.83 Å². The summed E-state index contributed by atoms with van der Waals surface area (Å²) in [6, 6.07) is 0. The fraction of sp³-hybridized carbons (Fsp3) is 0.333. The van der Waals surface area contributed by atoms with Crippen LogP contribution < -0.4 is 0 Å². The first-order chi connectivity index (χ1) is 5.09. The molecule has 0 rings (SSSR count). The van der Waals surface area contributed by atoms with Gasteiger partial charge in [-0.2, -0.15) is 0 Å². The Hall–Kier alpha value is -0.560. The summed E-state index contributed by atoms with van der Waals surface area (Å²) in [4.78, 5) is 0. The molecule has 0 saturated heterocycles. The van der Waals surface area contributed by atoms with Gasteiger partial charge >= 0.3 is 0 Å². The van der Waals surface area contributed by atoms with Crippen molar-refractivity contribution in [2.45, 2.75) is 20.3 Å². The smallest absolute Gasteiger partial charge is 0.118 e. The molecule has 0 nitrogen and oxygen atoms in total. The van der Waals surface area contributed by atoms with Gasteiger partial charge in [-0.1, -0.05) is 25.1 Å². The van der Waals surface area contributed by atoms with Crippen LogP contribution in [0.15, 0.2) is 36.2 Å². The molecule has 0 unspecified atom stereocenters. The summed E-state index contributed by atoms with van der Waals surface area (Å²) in [5.74, 6) is -0.288. The van der Waals surface area contributed by atoms with Crippen LogP contribution in [0.4, 0.5) is 4.39 Å². The SMILES string of the molecule is C=C.C=C(C)/C(Cl)=C(/F)CC. The van der Waals surface area contributed by atoms with Crippen molar-refractivity contribution in [3.05, 3.63) is 36.2 Å². The molecular weight excluding hydrogens is 163 g/mol. The largest absolute Gasteiger partial charge is 0.210 e. The summed E-state index contributed by atoms with van der Waals surface area (Å²) in [6.07, 6.45) is 0.339. The summed E-state index contributed by atoms with van der Waals surface area (Å²) in [5.41, 5.74) is 0.580. The fourth-order valence-electron chi connectivity index (χ4n) is 0.387. The lowest BCUT2D eigenvalue weighted by Crippen LogP contribution is -1.77. The van der Waals surface area contributed by atoms with Crippen molar-refractivity contribution in [2.24, 2.45) is 0 Å². The lowest BCUT2D eigenvalue weighted by molar-refractivity contribution is 0.600. The molecule has 64 valence electrons. The second kappa shape index (κ2) is 7.55. The maximum atomic E-state index is 12.5. The van der Waals surface area contributed by atoms with Crippen LogP contribution in [0.2, 0.25) is 0 Å². The molecule has 0 heterocycles. The Morgan fingerprint density at radius 2 is 1.82 bits per heavy atom. The zero-order chi connectivity index (χ0) is 9.44. The summed E-state index contributed by atoms with van der Waals surface area (Å²) in [5, 5.41) is 0.164. The third kappa shape index (κ3) is 5.86. The Labute approximate surface area is 73.1 Å². The van der Waals surface area contributed by atoms with Crippen molar-refractivity contribution in [3.63, 3.8) is 0 Å². The molecule has 2 heteroatoms. The van der Waals surface area contributed by atoms with E-state index in [0.717, 1.165) is 0 Å². The van der Waals surface area contributed by atoms with Gasteiger partial charge in [-0.3, -0.25) is 0 Å². The predicted octanol–water partition coefficient (Wildman–Crippen LogP) is 4.19. The van der Waals surface area contributed by atoms with Crippen molar-refractivity contribution in [2.75, 3.05) is 0 Å². The van der Waals surface area contributed by atoms with E-state index in [1.807, 2.05) is 0 Å². The first-order valence-electron chi connectivity index (χ1n) is 3.29. The molecule has 0 bridgehead atoms. The molecule has 0 aromatic heterocycles. The zero-order valence-electron chi connectivity index (χ0n) is 7.08. The fourth-order valence-corrected chi connectivity index (χ4v) is 0.520. The maximum absolute atomic E-state index is 12.5. The van der Waals surface area contributed by atoms with E-state index in [4.69, 9.17) is 11.6 Å². The molecule has 0 atom stereocenters. The van der Waals surface area contributed by atoms with Gasteiger partial charge in [-0.05, 0) is 18.9 Å². The number of allylic oxidation sites excluding steroid dienone is 3. The predicted molar refractivity (Wildman–Crippen MR) is 50.3 cm³/mol. The topological polar surface area (TPSA) is 0 Å². The highest BCUT2D eigenvalue weighted by molar-refractivity contribution is 6.32. The Morgan fingerprint density at radius 1 is 1.45 bits per heavy atom. The number of hydrogen-bond acceptors (Lipinski definition) is 0. The van der Waals surface area contributed by atoms with Crippen LogP contribution in [0.25, 0.3) is 0 Å². The minimum Gasteiger partial charge on any atom is -0.210 e. The molecule has 0 aliphatic heterocycles. The number of rotatable bonds is 2. The van der Waals surface area contributed by atoms with Gasteiger partial charge in [0, 0.05) is 0 Å².